The zero-order valence-electron chi connectivity index (χ0n) is 23.9. The molecule has 0 bridgehead atoms. The summed E-state index contributed by atoms with van der Waals surface area (Å²) >= 11 is 0. The first kappa shape index (κ1) is 31.6. The summed E-state index contributed by atoms with van der Waals surface area (Å²) in [6.45, 7) is 1.95. The van der Waals surface area contributed by atoms with Gasteiger partial charge in [0.25, 0.3) is 0 Å². The summed E-state index contributed by atoms with van der Waals surface area (Å²) in [5, 5.41) is 12.3. The summed E-state index contributed by atoms with van der Waals surface area (Å²) < 4.78 is 44.0. The molecule has 3 aromatic carbocycles. The van der Waals surface area contributed by atoms with Gasteiger partial charge in [-0.3, -0.25) is 9.59 Å². The third kappa shape index (κ3) is 9.58. The van der Waals surface area contributed by atoms with Crippen LogP contribution in [0.4, 0.5) is 24.5 Å². The Bertz CT molecular complexity index is 1380. The molecule has 0 spiro atoms. The van der Waals surface area contributed by atoms with E-state index < -0.39 is 12.1 Å². The molecule has 1 N–H and O–H groups in total. The highest BCUT2D eigenvalue weighted by atomic mass is 19.4. The van der Waals surface area contributed by atoms with Crippen LogP contribution in [0.1, 0.15) is 48.3 Å². The third-order valence-corrected chi connectivity index (χ3v) is 7.44. The molecule has 0 unspecified atom stereocenters. The van der Waals surface area contributed by atoms with E-state index in [1.165, 1.54) is 0 Å². The second-order valence-electron chi connectivity index (χ2n) is 10.6. The van der Waals surface area contributed by atoms with Gasteiger partial charge in [0.2, 0.25) is 5.91 Å². The number of halogens is 3. The normalized spacial score (nSPS) is 13.8. The summed E-state index contributed by atoms with van der Waals surface area (Å²) in [6, 6.07) is 26.6. The van der Waals surface area contributed by atoms with Gasteiger partial charge in [-0.25, -0.2) is 0 Å². The molecule has 4 rings (SSSR count). The monoisotopic (exact) mass is 592 g/mol. The number of hydrogen-bond acceptors (Lipinski definition) is 5. The Morgan fingerprint density at radius 2 is 1.70 bits per heavy atom. The first-order valence-corrected chi connectivity index (χ1v) is 14.4. The van der Waals surface area contributed by atoms with E-state index in [2.05, 4.69) is 11.4 Å². The van der Waals surface area contributed by atoms with Gasteiger partial charge in [-0.05, 0) is 73.1 Å². The molecule has 2 amide bonds. The van der Waals surface area contributed by atoms with Crippen molar-refractivity contribution >= 4 is 23.2 Å². The summed E-state index contributed by atoms with van der Waals surface area (Å²) in [5.41, 5.74) is 3.98. The lowest BCUT2D eigenvalue weighted by Gasteiger charge is -2.32. The molecule has 7 nitrogen and oxygen atoms in total. The number of nitrogens with one attached hydrogen (secondary N) is 1. The smallest absolute Gasteiger partial charge is 0.377 e. The zero-order valence-corrected chi connectivity index (χ0v) is 23.9. The van der Waals surface area contributed by atoms with Crippen LogP contribution < -0.4 is 10.2 Å². The standard InChI is InChI=1S/C33H35F3N4O3/c34-33(35,36)32(42)39-18-15-28(16-19-39)27-11-13-29(14-12-27)38-31(41)23-40(30-10-6-9-26(21-30)22-37)17-4-5-20-43-24-25-7-2-1-3-8-25/h1-3,6-14,21,28H,4-5,15-20,23-24H2,(H,38,41). The molecule has 0 aromatic heterocycles. The van der Waals surface area contributed by atoms with E-state index in [1.807, 2.05) is 53.4 Å². The number of carbonyl (C=O) groups excluding carboxylic acids is 2. The van der Waals surface area contributed by atoms with Crippen LogP contribution in [0, 0.1) is 11.3 Å². The topological polar surface area (TPSA) is 85.7 Å². The second kappa shape index (κ2) is 15.2. The zero-order chi connectivity index (χ0) is 30.7. The van der Waals surface area contributed by atoms with E-state index >= 15 is 0 Å². The van der Waals surface area contributed by atoms with Crippen molar-refractivity contribution in [2.75, 3.05) is 43.0 Å². The lowest BCUT2D eigenvalue weighted by atomic mass is 9.89. The number of carbonyl (C=O) groups is 2. The number of rotatable bonds is 12. The first-order chi connectivity index (χ1) is 20.7. The minimum atomic E-state index is -4.85. The van der Waals surface area contributed by atoms with Crippen molar-refractivity contribution in [1.82, 2.24) is 4.90 Å². The number of unbranched alkanes of at least 4 members (excludes halogenated alkanes) is 1. The average molecular weight is 593 g/mol. The van der Waals surface area contributed by atoms with Crippen LogP contribution in [0.5, 0.6) is 0 Å². The van der Waals surface area contributed by atoms with Crippen molar-refractivity contribution in [2.45, 2.75) is 44.4 Å². The number of piperidine rings is 1. The lowest BCUT2D eigenvalue weighted by molar-refractivity contribution is -0.186. The SMILES string of the molecule is N#Cc1cccc(N(CCCCOCc2ccccc2)CC(=O)Nc2ccc(C3CCN(C(=O)C(F)(F)F)CC3)cc2)c1. The molecule has 226 valence electrons. The van der Waals surface area contributed by atoms with Gasteiger partial charge in [-0.1, -0.05) is 48.5 Å². The van der Waals surface area contributed by atoms with Crippen LogP contribution in [-0.4, -0.2) is 55.7 Å². The minimum Gasteiger partial charge on any atom is -0.377 e. The van der Waals surface area contributed by atoms with Crippen LogP contribution in [-0.2, 0) is 20.9 Å². The molecule has 1 saturated heterocycles. The average Bonchev–Trinajstić information content (AvgIpc) is 3.02. The maximum Gasteiger partial charge on any atom is 0.471 e. The Labute approximate surface area is 249 Å². The molecular formula is C33H35F3N4O3. The number of alkyl halides is 3. The minimum absolute atomic E-state index is 0.0432. The largest absolute Gasteiger partial charge is 0.471 e. The van der Waals surface area contributed by atoms with Crippen LogP contribution in [0.3, 0.4) is 0 Å². The highest BCUT2D eigenvalue weighted by Crippen LogP contribution is 2.31. The molecule has 0 saturated carbocycles. The van der Waals surface area contributed by atoms with Crippen LogP contribution in [0.2, 0.25) is 0 Å². The maximum absolute atomic E-state index is 13.0. The Balaban J connectivity index is 1.28. The summed E-state index contributed by atoms with van der Waals surface area (Å²) in [7, 11) is 0. The number of benzene rings is 3. The highest BCUT2D eigenvalue weighted by Gasteiger charge is 2.43. The molecule has 10 heteroatoms. The number of likely N-dealkylation sites (tertiary alicyclic amines) is 1. The molecule has 0 aliphatic carbocycles. The molecule has 1 aliphatic heterocycles. The first-order valence-electron chi connectivity index (χ1n) is 14.4. The van der Waals surface area contributed by atoms with Crippen molar-refractivity contribution in [2.24, 2.45) is 0 Å². The Hall–Kier alpha value is -4.36. The molecular weight excluding hydrogens is 557 g/mol. The fourth-order valence-corrected chi connectivity index (χ4v) is 5.15. The third-order valence-electron chi connectivity index (χ3n) is 7.44. The van der Waals surface area contributed by atoms with Gasteiger partial charge in [0.05, 0.1) is 24.8 Å². The maximum atomic E-state index is 13.0. The lowest BCUT2D eigenvalue weighted by Crippen LogP contribution is -2.45. The van der Waals surface area contributed by atoms with Crippen molar-refractivity contribution in [3.8, 4) is 6.07 Å². The van der Waals surface area contributed by atoms with E-state index in [1.54, 1.807) is 30.3 Å². The van der Waals surface area contributed by atoms with E-state index in [4.69, 9.17) is 4.74 Å². The molecule has 1 aliphatic rings. The molecule has 0 atom stereocenters. The molecule has 1 fully saturated rings. The Kier molecular flexibility index (Phi) is 11.2. The van der Waals surface area contributed by atoms with E-state index in [0.717, 1.165) is 34.6 Å². The van der Waals surface area contributed by atoms with E-state index in [0.29, 0.717) is 43.9 Å². The molecule has 43 heavy (non-hydrogen) atoms. The van der Waals surface area contributed by atoms with Crippen molar-refractivity contribution < 1.29 is 27.5 Å². The number of ether oxygens (including phenoxy) is 1. The van der Waals surface area contributed by atoms with Crippen LogP contribution >= 0.6 is 0 Å². The van der Waals surface area contributed by atoms with Crippen LogP contribution in [0.25, 0.3) is 0 Å². The van der Waals surface area contributed by atoms with Gasteiger partial charge in [-0.2, -0.15) is 18.4 Å². The van der Waals surface area contributed by atoms with Crippen LogP contribution in [0.15, 0.2) is 78.9 Å². The number of nitrogens with zero attached hydrogens (tertiary/aromatic N) is 3. The summed E-state index contributed by atoms with van der Waals surface area (Å²) in [6.07, 6.45) is -2.35. The van der Waals surface area contributed by atoms with Gasteiger partial charge < -0.3 is 19.9 Å². The molecule has 0 radical (unpaired) electrons. The fourth-order valence-electron chi connectivity index (χ4n) is 5.15. The van der Waals surface area contributed by atoms with E-state index in [9.17, 15) is 28.0 Å². The molecule has 1 heterocycles. The predicted molar refractivity (Wildman–Crippen MR) is 158 cm³/mol. The van der Waals surface area contributed by atoms with Crippen molar-refractivity contribution in [3.05, 3.63) is 95.6 Å². The second-order valence-corrected chi connectivity index (χ2v) is 10.6. The van der Waals surface area contributed by atoms with E-state index in [-0.39, 0.29) is 31.5 Å². The van der Waals surface area contributed by atoms with Gasteiger partial charge in [0.1, 0.15) is 0 Å². The summed E-state index contributed by atoms with van der Waals surface area (Å²) in [4.78, 5) is 27.3. The van der Waals surface area contributed by atoms with Gasteiger partial charge in [-0.15, -0.1) is 0 Å². The number of hydrogen-bond donors (Lipinski definition) is 1. The summed E-state index contributed by atoms with van der Waals surface area (Å²) in [5.74, 6) is -1.95. The Morgan fingerprint density at radius 1 is 0.977 bits per heavy atom. The molecule has 3 aromatic rings. The number of anilines is 2. The quantitative estimate of drug-likeness (QED) is 0.251. The van der Waals surface area contributed by atoms with Gasteiger partial charge in [0.15, 0.2) is 0 Å². The number of amides is 2. The highest BCUT2D eigenvalue weighted by molar-refractivity contribution is 5.94. The fraction of sp³-hybridized carbons (Fsp3) is 0.364. The predicted octanol–water partition coefficient (Wildman–Crippen LogP) is 6.27. The van der Waals surface area contributed by atoms with Gasteiger partial charge >= 0.3 is 12.1 Å². The van der Waals surface area contributed by atoms with Crippen molar-refractivity contribution in [1.29, 1.82) is 5.26 Å². The Morgan fingerprint density at radius 3 is 2.37 bits per heavy atom. The van der Waals surface area contributed by atoms with Crippen molar-refractivity contribution in [3.63, 3.8) is 0 Å². The number of nitriles is 1. The van der Waals surface area contributed by atoms with Gasteiger partial charge in [0, 0.05) is 37.6 Å².